The predicted octanol–water partition coefficient (Wildman–Crippen LogP) is 3.36. The lowest BCUT2D eigenvalue weighted by molar-refractivity contribution is 0.0911. The van der Waals surface area contributed by atoms with E-state index in [2.05, 4.69) is 12.2 Å². The molecule has 0 spiro atoms. The van der Waals surface area contributed by atoms with E-state index in [-0.39, 0.29) is 17.5 Å². The van der Waals surface area contributed by atoms with Gasteiger partial charge in [-0.05, 0) is 56.1 Å². The second-order valence-corrected chi connectivity index (χ2v) is 7.43. The highest BCUT2D eigenvalue weighted by Gasteiger charge is 2.42. The average molecular weight is 341 g/mol. The molecule has 0 saturated heterocycles. The fourth-order valence-electron chi connectivity index (χ4n) is 4.73. The normalized spacial score (nSPS) is 25.9. The molecule has 1 aromatic heterocycles. The van der Waals surface area contributed by atoms with Crippen LogP contribution < -0.4 is 15.7 Å². The quantitative estimate of drug-likeness (QED) is 0.866. The summed E-state index contributed by atoms with van der Waals surface area (Å²) in [7, 11) is 1.52. The first-order valence-corrected chi connectivity index (χ1v) is 8.98. The topological polar surface area (TPSA) is 68.5 Å². The van der Waals surface area contributed by atoms with E-state index >= 15 is 0 Å². The average Bonchev–Trinajstić information content (AvgIpc) is 3.23. The maximum absolute atomic E-state index is 12.6. The Morgan fingerprint density at radius 3 is 2.84 bits per heavy atom. The third-order valence-electron chi connectivity index (χ3n) is 5.98. The molecule has 1 N–H and O–H groups in total. The molecular weight excluding hydrogens is 318 g/mol. The number of hydrogen-bond acceptors (Lipinski definition) is 4. The van der Waals surface area contributed by atoms with E-state index in [1.807, 2.05) is 0 Å². The van der Waals surface area contributed by atoms with Crippen molar-refractivity contribution in [3.8, 4) is 5.75 Å². The number of nitrogens with one attached hydrogen (secondary N) is 1. The molecule has 132 valence electrons. The molecule has 2 aromatic rings. The molecule has 5 nitrogen and oxygen atoms in total. The number of amides is 1. The summed E-state index contributed by atoms with van der Waals surface area (Å²) in [6.07, 6.45) is 5.09. The SMILES string of the molecule is COc1cccc2cc(C(=O)NC(C)C3CC4CCC3C4)c(=O)oc12. The summed E-state index contributed by atoms with van der Waals surface area (Å²) in [5.74, 6) is 2.20. The Kier molecular flexibility index (Phi) is 4.02. The van der Waals surface area contributed by atoms with Crippen LogP contribution in [0.5, 0.6) is 5.75 Å². The zero-order chi connectivity index (χ0) is 17.6. The lowest BCUT2D eigenvalue weighted by Gasteiger charge is -2.28. The molecule has 2 aliphatic rings. The highest BCUT2D eigenvalue weighted by atomic mass is 16.5. The van der Waals surface area contributed by atoms with Crippen LogP contribution in [0.15, 0.2) is 33.5 Å². The molecule has 1 aromatic carbocycles. The van der Waals surface area contributed by atoms with Crippen LogP contribution >= 0.6 is 0 Å². The number of fused-ring (bicyclic) bond motifs is 3. The van der Waals surface area contributed by atoms with Gasteiger partial charge in [0.15, 0.2) is 11.3 Å². The van der Waals surface area contributed by atoms with Crippen molar-refractivity contribution < 1.29 is 13.9 Å². The first kappa shape index (κ1) is 16.2. The molecule has 2 bridgehead atoms. The molecule has 5 heteroatoms. The van der Waals surface area contributed by atoms with Crippen molar-refractivity contribution in [3.05, 3.63) is 40.2 Å². The van der Waals surface area contributed by atoms with Crippen LogP contribution in [0.4, 0.5) is 0 Å². The number of ether oxygens (including phenoxy) is 1. The van der Waals surface area contributed by atoms with Crippen LogP contribution in [0.2, 0.25) is 0 Å². The van der Waals surface area contributed by atoms with Gasteiger partial charge in [-0.15, -0.1) is 0 Å². The maximum Gasteiger partial charge on any atom is 0.349 e. The van der Waals surface area contributed by atoms with Gasteiger partial charge in [-0.3, -0.25) is 4.79 Å². The van der Waals surface area contributed by atoms with Gasteiger partial charge in [0.2, 0.25) is 0 Å². The highest BCUT2D eigenvalue weighted by Crippen LogP contribution is 2.49. The second kappa shape index (κ2) is 6.21. The molecule has 2 fully saturated rings. The van der Waals surface area contributed by atoms with Crippen molar-refractivity contribution >= 4 is 16.9 Å². The Labute approximate surface area is 146 Å². The van der Waals surface area contributed by atoms with E-state index in [0.29, 0.717) is 22.6 Å². The number of carbonyl (C=O) groups is 1. The van der Waals surface area contributed by atoms with Crippen LogP contribution in [0.3, 0.4) is 0 Å². The molecule has 25 heavy (non-hydrogen) atoms. The van der Waals surface area contributed by atoms with Crippen LogP contribution in [-0.2, 0) is 0 Å². The highest BCUT2D eigenvalue weighted by molar-refractivity contribution is 5.97. The van der Waals surface area contributed by atoms with Crippen molar-refractivity contribution in [2.75, 3.05) is 7.11 Å². The van der Waals surface area contributed by atoms with Gasteiger partial charge in [-0.25, -0.2) is 4.79 Å². The van der Waals surface area contributed by atoms with Crippen molar-refractivity contribution in [2.45, 2.75) is 38.6 Å². The molecule has 4 rings (SSSR count). The van der Waals surface area contributed by atoms with Gasteiger partial charge in [-0.1, -0.05) is 18.6 Å². The Morgan fingerprint density at radius 2 is 2.16 bits per heavy atom. The van der Waals surface area contributed by atoms with E-state index in [9.17, 15) is 9.59 Å². The Bertz CT molecular complexity index is 872. The molecule has 1 amide bonds. The molecule has 0 aliphatic heterocycles. The lowest BCUT2D eigenvalue weighted by atomic mass is 9.84. The van der Waals surface area contributed by atoms with Gasteiger partial charge < -0.3 is 14.5 Å². The standard InChI is InChI=1S/C20H23NO4/c1-11(15-9-12-6-7-13(15)8-12)21-19(22)16-10-14-4-3-5-17(24-2)18(14)25-20(16)23/h3-5,10-13,15H,6-9H2,1-2H3,(H,21,22). The summed E-state index contributed by atoms with van der Waals surface area (Å²) in [5.41, 5.74) is -0.210. The first-order valence-electron chi connectivity index (χ1n) is 8.98. The molecule has 2 saturated carbocycles. The minimum atomic E-state index is -0.630. The lowest BCUT2D eigenvalue weighted by Crippen LogP contribution is -2.41. The number of hydrogen-bond donors (Lipinski definition) is 1. The van der Waals surface area contributed by atoms with Gasteiger partial charge in [0.1, 0.15) is 5.56 Å². The van der Waals surface area contributed by atoms with Crippen LogP contribution in [0.1, 0.15) is 43.0 Å². The van der Waals surface area contributed by atoms with Crippen LogP contribution in [0, 0.1) is 17.8 Å². The van der Waals surface area contributed by atoms with Crippen LogP contribution in [-0.4, -0.2) is 19.1 Å². The summed E-state index contributed by atoms with van der Waals surface area (Å²) >= 11 is 0. The van der Waals surface area contributed by atoms with E-state index in [1.54, 1.807) is 24.3 Å². The van der Waals surface area contributed by atoms with E-state index in [4.69, 9.17) is 9.15 Å². The van der Waals surface area contributed by atoms with Crippen molar-refractivity contribution in [3.63, 3.8) is 0 Å². The van der Waals surface area contributed by atoms with Gasteiger partial charge >= 0.3 is 5.63 Å². The number of methoxy groups -OCH3 is 1. The van der Waals surface area contributed by atoms with E-state index < -0.39 is 5.63 Å². The number of rotatable bonds is 4. The Morgan fingerprint density at radius 1 is 1.32 bits per heavy atom. The zero-order valence-electron chi connectivity index (χ0n) is 14.6. The van der Waals surface area contributed by atoms with Crippen LogP contribution in [0.25, 0.3) is 11.0 Å². The minimum Gasteiger partial charge on any atom is -0.493 e. The van der Waals surface area contributed by atoms with E-state index in [1.165, 1.54) is 32.8 Å². The Hall–Kier alpha value is -2.30. The summed E-state index contributed by atoms with van der Waals surface area (Å²) in [4.78, 5) is 24.9. The largest absolute Gasteiger partial charge is 0.493 e. The fraction of sp³-hybridized carbons (Fsp3) is 0.500. The fourth-order valence-corrected chi connectivity index (χ4v) is 4.73. The predicted molar refractivity (Wildman–Crippen MR) is 94.9 cm³/mol. The van der Waals surface area contributed by atoms with Crippen molar-refractivity contribution in [1.82, 2.24) is 5.32 Å². The van der Waals surface area contributed by atoms with Gasteiger partial charge in [0, 0.05) is 11.4 Å². The third-order valence-corrected chi connectivity index (χ3v) is 5.98. The molecule has 4 unspecified atom stereocenters. The van der Waals surface area contributed by atoms with Gasteiger partial charge in [0.25, 0.3) is 5.91 Å². The first-order chi connectivity index (χ1) is 12.1. The number of carbonyl (C=O) groups excluding carboxylic acids is 1. The summed E-state index contributed by atoms with van der Waals surface area (Å²) in [6.45, 7) is 2.05. The number of para-hydroxylation sites is 1. The Balaban J connectivity index is 1.57. The molecule has 2 aliphatic carbocycles. The third kappa shape index (κ3) is 2.81. The number of benzene rings is 1. The molecule has 0 radical (unpaired) electrons. The van der Waals surface area contributed by atoms with Gasteiger partial charge in [-0.2, -0.15) is 0 Å². The summed E-state index contributed by atoms with van der Waals surface area (Å²) in [6, 6.07) is 7.00. The smallest absolute Gasteiger partial charge is 0.349 e. The molecule has 1 heterocycles. The molecule has 4 atom stereocenters. The van der Waals surface area contributed by atoms with Crippen molar-refractivity contribution in [2.24, 2.45) is 17.8 Å². The zero-order valence-corrected chi connectivity index (χ0v) is 14.6. The monoisotopic (exact) mass is 341 g/mol. The van der Waals surface area contributed by atoms with Gasteiger partial charge in [0.05, 0.1) is 7.11 Å². The van der Waals surface area contributed by atoms with E-state index in [0.717, 1.165) is 11.8 Å². The summed E-state index contributed by atoms with van der Waals surface area (Å²) < 4.78 is 10.6. The minimum absolute atomic E-state index is 0.0516. The molecular formula is C20H23NO4. The summed E-state index contributed by atoms with van der Waals surface area (Å²) in [5, 5.41) is 3.70. The second-order valence-electron chi connectivity index (χ2n) is 7.43. The van der Waals surface area contributed by atoms with Crippen molar-refractivity contribution in [1.29, 1.82) is 0 Å². The maximum atomic E-state index is 12.6.